The van der Waals surface area contributed by atoms with E-state index in [9.17, 15) is 4.79 Å². The minimum absolute atomic E-state index is 0.119. The summed E-state index contributed by atoms with van der Waals surface area (Å²) in [6, 6.07) is 15.1. The number of aromatic nitrogens is 4. The second-order valence-corrected chi connectivity index (χ2v) is 8.41. The Labute approximate surface area is 209 Å². The number of carbonyl (C=O) groups excluding carboxylic acids is 1. The van der Waals surface area contributed by atoms with Gasteiger partial charge in [0.15, 0.2) is 0 Å². The van der Waals surface area contributed by atoms with Crippen LogP contribution in [0, 0.1) is 18.8 Å². The molecule has 1 aliphatic heterocycles. The summed E-state index contributed by atoms with van der Waals surface area (Å²) in [5.41, 5.74) is 4.97. The zero-order chi connectivity index (χ0) is 24.9. The molecule has 0 saturated carbocycles. The monoisotopic (exact) mass is 479 g/mol. The minimum Gasteiger partial charge on any atom is -0.321 e. The van der Waals surface area contributed by atoms with Gasteiger partial charge < -0.3 is 10.6 Å². The standard InChI is InChI=1S/C27H25N7O2/c1-19-8-11-23(32-27(35)34-25(12-13-36-34)21-6-4-3-5-7-21)14-22(19)10-9-20-15-28-26(29-16-20)31-24-17-30-33(2)18-24/h3-8,11,14-18,25H,12-13H2,1-2H3,(H,32,35)(H,28,29,31)/t25-/m0/s1. The van der Waals surface area contributed by atoms with Crippen LogP contribution >= 0.6 is 0 Å². The highest BCUT2D eigenvalue weighted by molar-refractivity contribution is 5.89. The molecule has 9 nitrogen and oxygen atoms in total. The number of carbonyl (C=O) groups is 1. The first kappa shape index (κ1) is 23.1. The predicted molar refractivity (Wildman–Crippen MR) is 136 cm³/mol. The molecule has 2 aromatic carbocycles. The molecule has 9 heteroatoms. The van der Waals surface area contributed by atoms with Crippen molar-refractivity contribution in [1.29, 1.82) is 0 Å². The Balaban J connectivity index is 1.26. The Bertz CT molecular complexity index is 1420. The molecule has 5 rings (SSSR count). The summed E-state index contributed by atoms with van der Waals surface area (Å²) in [6.45, 7) is 2.47. The Morgan fingerprint density at radius 1 is 1.06 bits per heavy atom. The van der Waals surface area contributed by atoms with Gasteiger partial charge in [-0.2, -0.15) is 10.2 Å². The third kappa shape index (κ3) is 5.35. The highest BCUT2D eigenvalue weighted by atomic mass is 16.7. The number of urea groups is 1. The molecular formula is C27H25N7O2. The van der Waals surface area contributed by atoms with Gasteiger partial charge >= 0.3 is 6.03 Å². The second-order valence-electron chi connectivity index (χ2n) is 8.41. The highest BCUT2D eigenvalue weighted by Gasteiger charge is 2.31. The normalized spacial score (nSPS) is 14.7. The number of amides is 2. The molecule has 0 radical (unpaired) electrons. The van der Waals surface area contributed by atoms with Crippen molar-refractivity contribution in [1.82, 2.24) is 24.8 Å². The molecule has 0 unspecified atom stereocenters. The number of aryl methyl sites for hydroxylation is 2. The van der Waals surface area contributed by atoms with Crippen LogP contribution in [0.1, 0.15) is 34.7 Å². The third-order valence-electron chi connectivity index (χ3n) is 5.73. The van der Waals surface area contributed by atoms with Crippen molar-refractivity contribution in [3.63, 3.8) is 0 Å². The third-order valence-corrected chi connectivity index (χ3v) is 5.73. The number of hydrogen-bond donors (Lipinski definition) is 2. The largest absolute Gasteiger partial charge is 0.346 e. The molecule has 36 heavy (non-hydrogen) atoms. The number of nitrogens with zero attached hydrogens (tertiary/aromatic N) is 5. The van der Waals surface area contributed by atoms with Crippen LogP contribution in [0.4, 0.5) is 22.1 Å². The molecule has 0 bridgehead atoms. The van der Waals surface area contributed by atoms with Gasteiger partial charge in [-0.25, -0.2) is 14.8 Å². The molecule has 1 fully saturated rings. The van der Waals surface area contributed by atoms with Crippen molar-refractivity contribution in [2.75, 3.05) is 17.2 Å². The van der Waals surface area contributed by atoms with Crippen molar-refractivity contribution < 1.29 is 9.63 Å². The van der Waals surface area contributed by atoms with Gasteiger partial charge in [0.1, 0.15) is 0 Å². The van der Waals surface area contributed by atoms with Gasteiger partial charge in [0, 0.05) is 43.3 Å². The zero-order valence-electron chi connectivity index (χ0n) is 20.0. The number of anilines is 3. The van der Waals surface area contributed by atoms with Gasteiger partial charge in [-0.1, -0.05) is 48.2 Å². The van der Waals surface area contributed by atoms with Gasteiger partial charge in [-0.15, -0.1) is 0 Å². The van der Waals surface area contributed by atoms with Crippen molar-refractivity contribution >= 4 is 23.4 Å². The van der Waals surface area contributed by atoms with Crippen LogP contribution in [0.2, 0.25) is 0 Å². The molecule has 0 spiro atoms. The molecule has 2 amide bonds. The van der Waals surface area contributed by atoms with E-state index in [4.69, 9.17) is 4.84 Å². The van der Waals surface area contributed by atoms with Crippen LogP contribution in [0.25, 0.3) is 0 Å². The van der Waals surface area contributed by atoms with Gasteiger partial charge in [0.2, 0.25) is 5.95 Å². The molecular weight excluding hydrogens is 454 g/mol. The Kier molecular flexibility index (Phi) is 6.60. The SMILES string of the molecule is Cc1ccc(NC(=O)N2OCC[C@H]2c2ccccc2)cc1C#Cc1cnc(Nc2cnn(C)c2)nc1. The van der Waals surface area contributed by atoms with Crippen LogP contribution in [0.3, 0.4) is 0 Å². The van der Waals surface area contributed by atoms with Crippen LogP contribution < -0.4 is 10.6 Å². The number of rotatable bonds is 4. The number of nitrogens with one attached hydrogen (secondary N) is 2. The molecule has 4 aromatic rings. The van der Waals surface area contributed by atoms with E-state index in [2.05, 4.69) is 37.5 Å². The van der Waals surface area contributed by atoms with Crippen LogP contribution in [-0.4, -0.2) is 37.4 Å². The molecule has 180 valence electrons. The Morgan fingerprint density at radius 3 is 2.61 bits per heavy atom. The summed E-state index contributed by atoms with van der Waals surface area (Å²) in [5, 5.41) is 11.5. The molecule has 2 N–H and O–H groups in total. The summed E-state index contributed by atoms with van der Waals surface area (Å²) in [7, 11) is 1.84. The Morgan fingerprint density at radius 2 is 1.86 bits per heavy atom. The lowest BCUT2D eigenvalue weighted by molar-refractivity contribution is -0.0829. The first-order valence-corrected chi connectivity index (χ1v) is 11.5. The quantitative estimate of drug-likeness (QED) is 0.416. The fraction of sp³-hybridized carbons (Fsp3) is 0.185. The summed E-state index contributed by atoms with van der Waals surface area (Å²) < 4.78 is 1.70. The Hall–Kier alpha value is -4.68. The second kappa shape index (κ2) is 10.3. The summed E-state index contributed by atoms with van der Waals surface area (Å²) in [4.78, 5) is 27.2. The lowest BCUT2D eigenvalue weighted by atomic mass is 10.1. The van der Waals surface area contributed by atoms with E-state index in [0.29, 0.717) is 23.8 Å². The minimum atomic E-state index is -0.311. The lowest BCUT2D eigenvalue weighted by Gasteiger charge is -2.23. The molecule has 2 aromatic heterocycles. The first-order chi connectivity index (χ1) is 17.5. The highest BCUT2D eigenvalue weighted by Crippen LogP contribution is 2.30. The van der Waals surface area contributed by atoms with Crippen LogP contribution in [0.5, 0.6) is 0 Å². The number of benzene rings is 2. The van der Waals surface area contributed by atoms with E-state index < -0.39 is 0 Å². The van der Waals surface area contributed by atoms with Crippen molar-refractivity contribution in [3.05, 3.63) is 95.6 Å². The van der Waals surface area contributed by atoms with Crippen LogP contribution in [-0.2, 0) is 11.9 Å². The van der Waals surface area contributed by atoms with Gasteiger partial charge in [-0.05, 0) is 30.2 Å². The van der Waals surface area contributed by atoms with Gasteiger partial charge in [0.05, 0.1) is 30.1 Å². The predicted octanol–water partition coefficient (Wildman–Crippen LogP) is 4.57. The number of hydrogen-bond acceptors (Lipinski definition) is 6. The van der Waals surface area contributed by atoms with Gasteiger partial charge in [0.25, 0.3) is 0 Å². The lowest BCUT2D eigenvalue weighted by Crippen LogP contribution is -2.33. The summed E-state index contributed by atoms with van der Waals surface area (Å²) in [5.74, 6) is 6.72. The maximum absolute atomic E-state index is 13.0. The van der Waals surface area contributed by atoms with Crippen molar-refractivity contribution in [3.8, 4) is 11.8 Å². The number of hydroxylamine groups is 2. The molecule has 1 saturated heterocycles. The fourth-order valence-electron chi connectivity index (χ4n) is 3.87. The van der Waals surface area contributed by atoms with Crippen molar-refractivity contribution in [2.24, 2.45) is 7.05 Å². The van der Waals surface area contributed by atoms with E-state index >= 15 is 0 Å². The van der Waals surface area contributed by atoms with Crippen molar-refractivity contribution in [2.45, 2.75) is 19.4 Å². The maximum atomic E-state index is 13.0. The molecule has 1 atom stereocenters. The maximum Gasteiger partial charge on any atom is 0.346 e. The average Bonchev–Trinajstić information content (AvgIpc) is 3.55. The van der Waals surface area contributed by atoms with E-state index in [1.54, 1.807) is 23.3 Å². The van der Waals surface area contributed by atoms with Gasteiger partial charge in [-0.3, -0.25) is 9.52 Å². The van der Waals surface area contributed by atoms with E-state index in [1.807, 2.05) is 68.7 Å². The topological polar surface area (TPSA) is 97.2 Å². The average molecular weight is 480 g/mol. The summed E-state index contributed by atoms with van der Waals surface area (Å²) >= 11 is 0. The smallest absolute Gasteiger partial charge is 0.321 e. The zero-order valence-corrected chi connectivity index (χ0v) is 20.0. The van der Waals surface area contributed by atoms with E-state index in [1.165, 1.54) is 5.06 Å². The molecule has 3 heterocycles. The summed E-state index contributed by atoms with van der Waals surface area (Å²) in [6.07, 6.45) is 7.61. The fourth-order valence-corrected chi connectivity index (χ4v) is 3.87. The van der Waals surface area contributed by atoms with E-state index in [0.717, 1.165) is 28.8 Å². The first-order valence-electron chi connectivity index (χ1n) is 11.5. The molecule has 0 aliphatic carbocycles. The van der Waals surface area contributed by atoms with Crippen LogP contribution in [0.15, 0.2) is 73.3 Å². The van der Waals surface area contributed by atoms with E-state index in [-0.39, 0.29) is 12.1 Å². The molecule has 1 aliphatic rings.